The average molecular weight is 496 g/mol. The number of carbonyl (C=O) groups is 1. The Morgan fingerprint density at radius 3 is 2.59 bits per heavy atom. The van der Waals surface area contributed by atoms with Crippen LogP contribution in [-0.2, 0) is 11.3 Å². The number of halogens is 1. The molecule has 2 aliphatic rings. The van der Waals surface area contributed by atoms with Gasteiger partial charge in [0.25, 0.3) is 0 Å². The van der Waals surface area contributed by atoms with Crippen molar-refractivity contribution in [2.45, 2.75) is 55.9 Å². The molecule has 1 aliphatic carbocycles. The highest BCUT2D eigenvalue weighted by atomic mass is 35.5. The fourth-order valence-corrected chi connectivity index (χ4v) is 6.07. The molecule has 1 atom stereocenters. The fraction of sp³-hybridized carbons (Fsp3) is 0.423. The molecule has 2 aromatic carbocycles. The van der Waals surface area contributed by atoms with Crippen molar-refractivity contribution in [3.63, 3.8) is 0 Å². The quantitative estimate of drug-likeness (QED) is 0.435. The van der Waals surface area contributed by atoms with Crippen molar-refractivity contribution in [3.8, 4) is 11.4 Å². The summed E-state index contributed by atoms with van der Waals surface area (Å²) < 4.78 is 2.21. The van der Waals surface area contributed by atoms with Gasteiger partial charge in [-0.1, -0.05) is 78.7 Å². The first-order chi connectivity index (χ1) is 16.7. The lowest BCUT2D eigenvalue weighted by Crippen LogP contribution is -2.38. The van der Waals surface area contributed by atoms with E-state index in [1.807, 2.05) is 30.3 Å². The van der Waals surface area contributed by atoms with Crippen molar-refractivity contribution in [3.05, 3.63) is 65.2 Å². The Hall–Kier alpha value is -2.35. The van der Waals surface area contributed by atoms with Gasteiger partial charge in [0, 0.05) is 37.3 Å². The molecule has 6 nitrogen and oxygen atoms in total. The lowest BCUT2D eigenvalue weighted by molar-refractivity contribution is -0.119. The Morgan fingerprint density at radius 1 is 1.03 bits per heavy atom. The second-order valence-electron chi connectivity index (χ2n) is 9.16. The minimum atomic E-state index is 0.0526. The van der Waals surface area contributed by atoms with E-state index in [0.29, 0.717) is 16.8 Å². The van der Waals surface area contributed by atoms with Crippen molar-refractivity contribution in [1.82, 2.24) is 25.0 Å². The monoisotopic (exact) mass is 495 g/mol. The number of nitrogens with one attached hydrogen (secondary N) is 1. The predicted molar refractivity (Wildman–Crippen MR) is 137 cm³/mol. The highest BCUT2D eigenvalue weighted by Crippen LogP contribution is 2.38. The number of rotatable bonds is 8. The van der Waals surface area contributed by atoms with E-state index in [9.17, 15) is 4.79 Å². The second-order valence-corrected chi connectivity index (χ2v) is 10.5. The van der Waals surface area contributed by atoms with Crippen LogP contribution in [0.3, 0.4) is 0 Å². The van der Waals surface area contributed by atoms with Crippen LogP contribution in [0.4, 0.5) is 0 Å². The summed E-state index contributed by atoms with van der Waals surface area (Å²) in [5, 5.41) is 13.7. The molecule has 1 aliphatic heterocycles. The largest absolute Gasteiger partial charge is 0.351 e. The van der Waals surface area contributed by atoms with Crippen molar-refractivity contribution in [1.29, 1.82) is 0 Å². The average Bonchev–Trinajstić information content (AvgIpc) is 3.60. The predicted octanol–water partition coefficient (Wildman–Crippen LogP) is 5.20. The second kappa shape index (κ2) is 10.9. The maximum absolute atomic E-state index is 12.8. The molecule has 1 N–H and O–H groups in total. The van der Waals surface area contributed by atoms with Gasteiger partial charge >= 0.3 is 0 Å². The summed E-state index contributed by atoms with van der Waals surface area (Å²) in [7, 11) is 0. The van der Waals surface area contributed by atoms with Crippen LogP contribution in [0.5, 0.6) is 0 Å². The highest BCUT2D eigenvalue weighted by Gasteiger charge is 2.27. The summed E-state index contributed by atoms with van der Waals surface area (Å²) in [4.78, 5) is 15.2. The van der Waals surface area contributed by atoms with Crippen LogP contribution in [0.2, 0.25) is 5.02 Å². The van der Waals surface area contributed by atoms with Crippen molar-refractivity contribution < 1.29 is 4.79 Å². The van der Waals surface area contributed by atoms with Gasteiger partial charge in [0.05, 0.1) is 10.8 Å². The Morgan fingerprint density at radius 2 is 1.79 bits per heavy atom. The third kappa shape index (κ3) is 5.48. The molecule has 0 spiro atoms. The Balaban J connectivity index is 1.20. The summed E-state index contributed by atoms with van der Waals surface area (Å²) in [5.74, 6) is 1.19. The molecule has 178 valence electrons. The SMILES string of the molecule is O=C(CSc1nnc(-c2ccccc2Cl)n1C1CCCC1)N[C@@H]1CCN(Cc2ccccc2)C1. The van der Waals surface area contributed by atoms with Crippen LogP contribution in [0.25, 0.3) is 11.4 Å². The molecule has 0 radical (unpaired) electrons. The first-order valence-corrected chi connectivity index (χ1v) is 13.4. The van der Waals surface area contributed by atoms with Crippen LogP contribution < -0.4 is 5.32 Å². The third-order valence-corrected chi connectivity index (χ3v) is 7.96. The number of carbonyl (C=O) groups excluding carboxylic acids is 1. The third-order valence-electron chi connectivity index (χ3n) is 6.69. The Labute approximate surface area is 210 Å². The molecule has 5 rings (SSSR count). The minimum absolute atomic E-state index is 0.0526. The van der Waals surface area contributed by atoms with Crippen LogP contribution in [0.1, 0.15) is 43.7 Å². The molecule has 3 aromatic rings. The zero-order chi connectivity index (χ0) is 23.3. The topological polar surface area (TPSA) is 63.1 Å². The molecule has 0 unspecified atom stereocenters. The smallest absolute Gasteiger partial charge is 0.230 e. The Kier molecular flexibility index (Phi) is 7.52. The van der Waals surface area contributed by atoms with Crippen molar-refractivity contribution >= 4 is 29.3 Å². The van der Waals surface area contributed by atoms with Gasteiger partial charge in [0.2, 0.25) is 5.91 Å². The number of thioether (sulfide) groups is 1. The molecule has 8 heteroatoms. The molecule has 2 fully saturated rings. The van der Waals surface area contributed by atoms with Gasteiger partial charge in [-0.3, -0.25) is 14.3 Å². The molecule has 1 aromatic heterocycles. The van der Waals surface area contributed by atoms with Crippen molar-refractivity contribution in [2.75, 3.05) is 18.8 Å². The molecule has 2 heterocycles. The number of likely N-dealkylation sites (tertiary alicyclic amines) is 1. The molecule has 34 heavy (non-hydrogen) atoms. The van der Waals surface area contributed by atoms with E-state index in [2.05, 4.69) is 49.2 Å². The van der Waals surface area contributed by atoms with E-state index < -0.39 is 0 Å². The first-order valence-electron chi connectivity index (χ1n) is 12.1. The zero-order valence-electron chi connectivity index (χ0n) is 19.2. The number of hydrogen-bond donors (Lipinski definition) is 1. The zero-order valence-corrected chi connectivity index (χ0v) is 20.8. The molecular formula is C26H30ClN5OS. The van der Waals surface area contributed by atoms with Crippen LogP contribution in [-0.4, -0.2) is 50.5 Å². The van der Waals surface area contributed by atoms with Crippen molar-refractivity contribution in [2.24, 2.45) is 0 Å². The van der Waals surface area contributed by atoms with Gasteiger partial charge < -0.3 is 5.32 Å². The maximum atomic E-state index is 12.8. The summed E-state index contributed by atoms with van der Waals surface area (Å²) in [6.07, 6.45) is 5.61. The fourth-order valence-electron chi connectivity index (χ4n) is 5.03. The Bertz CT molecular complexity index is 1120. The van der Waals surface area contributed by atoms with Gasteiger partial charge in [0.15, 0.2) is 11.0 Å². The van der Waals surface area contributed by atoms with Gasteiger partial charge in [-0.05, 0) is 37.0 Å². The molecule has 1 amide bonds. The maximum Gasteiger partial charge on any atom is 0.230 e. The summed E-state index contributed by atoms with van der Waals surface area (Å²) in [6.45, 7) is 2.82. The number of hydrogen-bond acceptors (Lipinski definition) is 5. The van der Waals surface area contributed by atoms with Gasteiger partial charge in [-0.2, -0.15) is 0 Å². The summed E-state index contributed by atoms with van der Waals surface area (Å²) >= 11 is 7.95. The number of nitrogens with zero attached hydrogens (tertiary/aromatic N) is 4. The molecule has 0 bridgehead atoms. The lowest BCUT2D eigenvalue weighted by Gasteiger charge is -2.18. The van der Waals surface area contributed by atoms with E-state index in [1.165, 1.54) is 30.2 Å². The van der Waals surface area contributed by atoms with E-state index in [0.717, 1.165) is 55.4 Å². The minimum Gasteiger partial charge on any atom is -0.351 e. The molecule has 1 saturated heterocycles. The number of aromatic nitrogens is 3. The standard InChI is InChI=1S/C26H30ClN5OS/c27-23-13-7-6-12-22(23)25-29-30-26(32(25)21-10-4-5-11-21)34-18-24(33)28-20-14-15-31(17-20)16-19-8-2-1-3-9-19/h1-3,6-9,12-13,20-21H,4-5,10-11,14-18H2,(H,28,33)/t20-/m1/s1. The van der Waals surface area contributed by atoms with Gasteiger partial charge in [0.1, 0.15) is 0 Å². The molecular weight excluding hydrogens is 466 g/mol. The van der Waals surface area contributed by atoms with E-state index in [-0.39, 0.29) is 11.9 Å². The van der Waals surface area contributed by atoms with Crippen LogP contribution in [0.15, 0.2) is 59.8 Å². The van der Waals surface area contributed by atoms with Crippen LogP contribution in [0, 0.1) is 0 Å². The van der Waals surface area contributed by atoms with E-state index in [1.54, 1.807) is 0 Å². The summed E-state index contributed by atoms with van der Waals surface area (Å²) in [6, 6.07) is 18.8. The first kappa shape index (κ1) is 23.4. The van der Waals surface area contributed by atoms with E-state index in [4.69, 9.17) is 11.6 Å². The van der Waals surface area contributed by atoms with Crippen LogP contribution >= 0.6 is 23.4 Å². The number of benzene rings is 2. The van der Waals surface area contributed by atoms with Gasteiger partial charge in [-0.15, -0.1) is 10.2 Å². The normalized spacial score (nSPS) is 19.0. The van der Waals surface area contributed by atoms with Gasteiger partial charge in [-0.25, -0.2) is 0 Å². The molecule has 1 saturated carbocycles. The number of amides is 1. The summed E-state index contributed by atoms with van der Waals surface area (Å²) in [5.41, 5.74) is 2.20. The lowest BCUT2D eigenvalue weighted by atomic mass is 10.2. The van der Waals surface area contributed by atoms with E-state index >= 15 is 0 Å². The highest BCUT2D eigenvalue weighted by molar-refractivity contribution is 7.99.